The fourth-order valence-corrected chi connectivity index (χ4v) is 4.20. The summed E-state index contributed by atoms with van der Waals surface area (Å²) in [5.41, 5.74) is 0. The number of ether oxygens (including phenoxy) is 1. The van der Waals surface area contributed by atoms with Gasteiger partial charge in [0.15, 0.2) is 8.32 Å². The molecular formula is C16H27BrO2SSi. The molecule has 0 aliphatic rings. The van der Waals surface area contributed by atoms with Crippen molar-refractivity contribution in [2.24, 2.45) is 0 Å². The van der Waals surface area contributed by atoms with E-state index in [9.17, 15) is 0 Å². The van der Waals surface area contributed by atoms with Crippen LogP contribution in [0.4, 0.5) is 0 Å². The second-order valence-electron chi connectivity index (χ2n) is 6.83. The van der Waals surface area contributed by atoms with Crippen LogP contribution in [0.15, 0.2) is 27.6 Å². The lowest BCUT2D eigenvalue weighted by atomic mass is 10.2. The molecule has 1 aromatic carbocycles. The van der Waals surface area contributed by atoms with Gasteiger partial charge in [0.2, 0.25) is 0 Å². The Morgan fingerprint density at radius 2 is 1.86 bits per heavy atom. The maximum Gasteiger partial charge on any atom is 0.192 e. The van der Waals surface area contributed by atoms with Crippen LogP contribution in [0.1, 0.15) is 27.7 Å². The highest BCUT2D eigenvalue weighted by atomic mass is 79.9. The number of hydrogen-bond donors (Lipinski definition) is 0. The number of hydrogen-bond acceptors (Lipinski definition) is 3. The predicted octanol–water partition coefficient (Wildman–Crippen LogP) is 5.96. The Kier molecular flexibility index (Phi) is 6.84. The SMILES string of the molecule is CSc1cc(Br)cc(OCC(C)O[Si](C)(C)C(C)(C)C)c1. The van der Waals surface area contributed by atoms with E-state index in [1.54, 1.807) is 11.8 Å². The highest BCUT2D eigenvalue weighted by Gasteiger charge is 2.38. The van der Waals surface area contributed by atoms with Crippen LogP contribution in [0.2, 0.25) is 18.1 Å². The summed E-state index contributed by atoms with van der Waals surface area (Å²) < 4.78 is 13.3. The third kappa shape index (κ3) is 5.97. The molecule has 0 spiro atoms. The van der Waals surface area contributed by atoms with Crippen molar-refractivity contribution in [1.29, 1.82) is 0 Å². The minimum atomic E-state index is -1.73. The van der Waals surface area contributed by atoms with Gasteiger partial charge < -0.3 is 9.16 Å². The summed E-state index contributed by atoms with van der Waals surface area (Å²) in [4.78, 5) is 1.19. The summed E-state index contributed by atoms with van der Waals surface area (Å²) >= 11 is 5.23. The van der Waals surface area contributed by atoms with Crippen molar-refractivity contribution in [2.75, 3.05) is 12.9 Å². The molecule has 0 saturated heterocycles. The zero-order valence-electron chi connectivity index (χ0n) is 14.1. The second kappa shape index (κ2) is 7.53. The molecule has 120 valence electrons. The monoisotopic (exact) mass is 390 g/mol. The van der Waals surface area contributed by atoms with Gasteiger partial charge in [-0.1, -0.05) is 36.7 Å². The first-order chi connectivity index (χ1) is 9.55. The van der Waals surface area contributed by atoms with E-state index in [2.05, 4.69) is 75.1 Å². The Bertz CT molecular complexity index is 472. The Labute approximate surface area is 143 Å². The summed E-state index contributed by atoms with van der Waals surface area (Å²) in [7, 11) is -1.73. The third-order valence-corrected chi connectivity index (χ3v) is 9.64. The van der Waals surface area contributed by atoms with Crippen molar-refractivity contribution >= 4 is 36.0 Å². The molecule has 1 rings (SSSR count). The molecule has 0 fully saturated rings. The van der Waals surface area contributed by atoms with Crippen LogP contribution in [-0.4, -0.2) is 27.3 Å². The van der Waals surface area contributed by atoms with E-state index < -0.39 is 8.32 Å². The molecule has 0 amide bonds. The van der Waals surface area contributed by atoms with E-state index in [1.165, 1.54) is 4.90 Å². The predicted molar refractivity (Wildman–Crippen MR) is 99.2 cm³/mol. The van der Waals surface area contributed by atoms with Crippen molar-refractivity contribution in [3.8, 4) is 5.75 Å². The van der Waals surface area contributed by atoms with E-state index in [0.29, 0.717) is 6.61 Å². The van der Waals surface area contributed by atoms with Crippen LogP contribution in [0.25, 0.3) is 0 Å². The number of rotatable bonds is 6. The van der Waals surface area contributed by atoms with Crippen molar-refractivity contribution in [3.63, 3.8) is 0 Å². The van der Waals surface area contributed by atoms with Gasteiger partial charge >= 0.3 is 0 Å². The minimum Gasteiger partial charge on any atom is -0.491 e. The molecule has 1 atom stereocenters. The van der Waals surface area contributed by atoms with Crippen LogP contribution in [0.3, 0.4) is 0 Å². The van der Waals surface area contributed by atoms with Crippen LogP contribution >= 0.6 is 27.7 Å². The molecule has 0 aliphatic heterocycles. The molecule has 0 heterocycles. The molecule has 0 aliphatic carbocycles. The Morgan fingerprint density at radius 3 is 2.38 bits per heavy atom. The van der Waals surface area contributed by atoms with Gasteiger partial charge in [-0.05, 0) is 49.5 Å². The maximum atomic E-state index is 6.31. The van der Waals surface area contributed by atoms with Crippen LogP contribution in [0.5, 0.6) is 5.75 Å². The van der Waals surface area contributed by atoms with Crippen molar-refractivity contribution in [3.05, 3.63) is 22.7 Å². The molecule has 21 heavy (non-hydrogen) atoms. The number of halogens is 1. The largest absolute Gasteiger partial charge is 0.491 e. The van der Waals surface area contributed by atoms with Gasteiger partial charge in [-0.25, -0.2) is 0 Å². The van der Waals surface area contributed by atoms with E-state index in [1.807, 2.05) is 6.07 Å². The zero-order chi connectivity index (χ0) is 16.3. The number of benzene rings is 1. The molecule has 0 aromatic heterocycles. The van der Waals surface area contributed by atoms with Crippen molar-refractivity contribution in [2.45, 2.75) is 56.8 Å². The summed E-state index contributed by atoms with van der Waals surface area (Å²) in [5.74, 6) is 0.888. The van der Waals surface area contributed by atoms with Crippen LogP contribution < -0.4 is 4.74 Å². The van der Waals surface area contributed by atoms with Gasteiger partial charge in [-0.15, -0.1) is 11.8 Å². The van der Waals surface area contributed by atoms with E-state index >= 15 is 0 Å². The molecule has 2 nitrogen and oxygen atoms in total. The Hall–Kier alpha value is 0.0269. The molecule has 1 unspecified atom stereocenters. The standard InChI is InChI=1S/C16H27BrO2SSi/c1-12(19-21(6,7)16(2,3)4)11-18-14-8-13(17)9-15(10-14)20-5/h8-10,12H,11H2,1-7H3. The lowest BCUT2D eigenvalue weighted by molar-refractivity contribution is 0.129. The van der Waals surface area contributed by atoms with Crippen molar-refractivity contribution in [1.82, 2.24) is 0 Å². The fourth-order valence-electron chi connectivity index (χ4n) is 1.67. The average Bonchev–Trinajstić information content (AvgIpc) is 2.33. The topological polar surface area (TPSA) is 18.5 Å². The minimum absolute atomic E-state index is 0.0996. The Balaban J connectivity index is 2.61. The lowest BCUT2D eigenvalue weighted by Gasteiger charge is -2.38. The van der Waals surface area contributed by atoms with Gasteiger partial charge in [-0.3, -0.25) is 0 Å². The van der Waals surface area contributed by atoms with Crippen LogP contribution in [0, 0.1) is 0 Å². The third-order valence-electron chi connectivity index (χ3n) is 3.87. The first kappa shape index (κ1) is 19.1. The van der Waals surface area contributed by atoms with E-state index in [4.69, 9.17) is 9.16 Å². The quantitative estimate of drug-likeness (QED) is 0.440. The second-order valence-corrected chi connectivity index (χ2v) is 13.4. The molecular weight excluding hydrogens is 364 g/mol. The van der Waals surface area contributed by atoms with Crippen molar-refractivity contribution < 1.29 is 9.16 Å². The molecule has 0 bridgehead atoms. The lowest BCUT2D eigenvalue weighted by Crippen LogP contribution is -2.44. The summed E-state index contributed by atoms with van der Waals surface area (Å²) in [6.07, 6.45) is 2.16. The smallest absolute Gasteiger partial charge is 0.192 e. The first-order valence-electron chi connectivity index (χ1n) is 7.20. The van der Waals surface area contributed by atoms with Crippen LogP contribution in [-0.2, 0) is 4.43 Å². The highest BCUT2D eigenvalue weighted by Crippen LogP contribution is 2.37. The normalized spacial score (nSPS) is 14.1. The van der Waals surface area contributed by atoms with Gasteiger partial charge in [0.1, 0.15) is 12.4 Å². The van der Waals surface area contributed by atoms with E-state index in [-0.39, 0.29) is 11.1 Å². The molecule has 5 heteroatoms. The summed E-state index contributed by atoms with van der Waals surface area (Å²) in [6, 6.07) is 6.15. The van der Waals surface area contributed by atoms with Gasteiger partial charge in [0.25, 0.3) is 0 Å². The highest BCUT2D eigenvalue weighted by molar-refractivity contribution is 9.10. The average molecular weight is 391 g/mol. The molecule has 0 saturated carbocycles. The molecule has 0 radical (unpaired) electrons. The number of thioether (sulfide) groups is 1. The Morgan fingerprint density at radius 1 is 1.24 bits per heavy atom. The summed E-state index contributed by atoms with van der Waals surface area (Å²) in [5, 5.41) is 0.225. The summed E-state index contributed by atoms with van der Waals surface area (Å²) in [6.45, 7) is 14.0. The zero-order valence-corrected chi connectivity index (χ0v) is 17.5. The first-order valence-corrected chi connectivity index (χ1v) is 12.1. The van der Waals surface area contributed by atoms with Gasteiger partial charge in [0.05, 0.1) is 6.10 Å². The van der Waals surface area contributed by atoms with Gasteiger partial charge in [0, 0.05) is 9.37 Å². The van der Waals surface area contributed by atoms with E-state index in [0.717, 1.165) is 10.2 Å². The molecule has 0 N–H and O–H groups in total. The maximum absolute atomic E-state index is 6.31. The fraction of sp³-hybridized carbons (Fsp3) is 0.625. The van der Waals surface area contributed by atoms with Gasteiger partial charge in [-0.2, -0.15) is 0 Å². The molecule has 1 aromatic rings.